The minimum absolute atomic E-state index is 0.0618. The van der Waals surface area contributed by atoms with Crippen molar-refractivity contribution < 1.29 is 4.79 Å². The largest absolute Gasteiger partial charge is 0.272 e. The van der Waals surface area contributed by atoms with Gasteiger partial charge in [0.2, 0.25) is 5.91 Å². The number of thioether (sulfide) groups is 1. The molecule has 1 aliphatic rings. The maximum atomic E-state index is 12.0. The molecule has 1 atom stereocenters. The van der Waals surface area contributed by atoms with Crippen LogP contribution in [-0.4, -0.2) is 22.4 Å². The van der Waals surface area contributed by atoms with Crippen LogP contribution < -0.4 is 5.43 Å². The Balaban J connectivity index is 1.59. The molecule has 3 rings (SSSR count). The summed E-state index contributed by atoms with van der Waals surface area (Å²) in [6.07, 6.45) is 6.39. The highest BCUT2D eigenvalue weighted by Crippen LogP contribution is 2.26. The lowest BCUT2D eigenvalue weighted by Gasteiger charge is -2.19. The van der Waals surface area contributed by atoms with Gasteiger partial charge in [-0.3, -0.25) is 9.78 Å². The number of nitrogens with one attached hydrogen (secondary N) is 1. The van der Waals surface area contributed by atoms with Gasteiger partial charge in [-0.1, -0.05) is 31.5 Å². The van der Waals surface area contributed by atoms with Crippen LogP contribution in [-0.2, 0) is 4.79 Å². The zero-order valence-corrected chi connectivity index (χ0v) is 14.1. The lowest BCUT2D eigenvalue weighted by molar-refractivity contribution is -0.118. The van der Waals surface area contributed by atoms with Gasteiger partial charge in [-0.2, -0.15) is 5.10 Å². The first-order valence-electron chi connectivity index (χ1n) is 8.06. The number of amides is 1. The van der Waals surface area contributed by atoms with Crippen molar-refractivity contribution in [1.82, 2.24) is 10.4 Å². The lowest BCUT2D eigenvalue weighted by atomic mass is 9.89. The van der Waals surface area contributed by atoms with Crippen LogP contribution in [0.15, 0.2) is 46.5 Å². The average Bonchev–Trinajstić information content (AvgIpc) is 2.59. The van der Waals surface area contributed by atoms with Crippen LogP contribution in [0.1, 0.15) is 32.6 Å². The first kappa shape index (κ1) is 16.0. The van der Waals surface area contributed by atoms with Crippen LogP contribution >= 0.6 is 11.8 Å². The van der Waals surface area contributed by atoms with E-state index in [1.165, 1.54) is 31.0 Å². The highest BCUT2D eigenvalue weighted by molar-refractivity contribution is 8.00. The molecule has 0 radical (unpaired) electrons. The molecule has 4 nitrogen and oxygen atoms in total. The molecule has 120 valence electrons. The third-order valence-corrected chi connectivity index (χ3v) is 5.21. The Morgan fingerprint density at radius 1 is 1.35 bits per heavy atom. The Kier molecular flexibility index (Phi) is 5.28. The smallest absolute Gasteiger partial charge is 0.250 e. The summed E-state index contributed by atoms with van der Waals surface area (Å²) in [5, 5.41) is 5.42. The number of hydrogen-bond acceptors (Lipinski definition) is 4. The minimum Gasteiger partial charge on any atom is -0.272 e. The predicted octanol–water partition coefficient (Wildman–Crippen LogP) is 4.01. The monoisotopic (exact) mass is 327 g/mol. The van der Waals surface area contributed by atoms with Gasteiger partial charge in [-0.25, -0.2) is 5.43 Å². The van der Waals surface area contributed by atoms with E-state index < -0.39 is 0 Å². The zero-order chi connectivity index (χ0) is 16.1. The van der Waals surface area contributed by atoms with Gasteiger partial charge in [0.15, 0.2) is 0 Å². The topological polar surface area (TPSA) is 54.4 Å². The Labute approximate surface area is 140 Å². The summed E-state index contributed by atoms with van der Waals surface area (Å²) in [7, 11) is 0. The molecule has 0 saturated heterocycles. The van der Waals surface area contributed by atoms with Gasteiger partial charge in [0.1, 0.15) is 0 Å². The van der Waals surface area contributed by atoms with Crippen LogP contribution in [0.5, 0.6) is 0 Å². The first-order chi connectivity index (χ1) is 11.2. The van der Waals surface area contributed by atoms with Gasteiger partial charge in [-0.15, -0.1) is 11.8 Å². The van der Waals surface area contributed by atoms with Crippen LogP contribution in [0.4, 0.5) is 0 Å². The second-order valence-corrected chi connectivity index (χ2v) is 6.92. The van der Waals surface area contributed by atoms with Crippen molar-refractivity contribution >= 4 is 34.3 Å². The fourth-order valence-corrected chi connectivity index (χ4v) is 3.67. The van der Waals surface area contributed by atoms with Gasteiger partial charge in [0.25, 0.3) is 0 Å². The summed E-state index contributed by atoms with van der Waals surface area (Å²) in [4.78, 5) is 17.5. The quantitative estimate of drug-likeness (QED) is 0.682. The van der Waals surface area contributed by atoms with Crippen LogP contribution in [0, 0.1) is 5.92 Å². The van der Waals surface area contributed by atoms with E-state index >= 15 is 0 Å². The second kappa shape index (κ2) is 7.59. The molecule has 2 aromatic rings. The number of aromatic nitrogens is 1. The standard InChI is InChI=1S/C18H21N3OS/c1-13-6-2-3-9-15(13)20-21-17(22)12-23-16-10-4-7-14-8-5-11-19-18(14)16/h4-5,7-8,10-11,13H,2-3,6,9,12H2,1H3,(H,21,22)/b20-15-/t13-/m0/s1. The fraction of sp³-hybridized carbons (Fsp3) is 0.389. The third kappa shape index (κ3) is 4.10. The van der Waals surface area contributed by atoms with E-state index in [1.807, 2.05) is 30.3 Å². The molecule has 1 fully saturated rings. The Morgan fingerprint density at radius 3 is 3.09 bits per heavy atom. The van der Waals surface area contributed by atoms with E-state index in [2.05, 4.69) is 22.4 Å². The van der Waals surface area contributed by atoms with E-state index in [9.17, 15) is 4.79 Å². The van der Waals surface area contributed by atoms with Gasteiger partial charge < -0.3 is 0 Å². The lowest BCUT2D eigenvalue weighted by Crippen LogP contribution is -2.25. The molecular formula is C18H21N3OS. The Hall–Kier alpha value is -1.88. The molecule has 0 spiro atoms. The van der Waals surface area contributed by atoms with Crippen molar-refractivity contribution in [2.45, 2.75) is 37.5 Å². The Bertz CT molecular complexity index is 724. The minimum atomic E-state index is -0.0618. The maximum Gasteiger partial charge on any atom is 0.250 e. The van der Waals surface area contributed by atoms with E-state index in [4.69, 9.17) is 0 Å². The van der Waals surface area contributed by atoms with Crippen molar-refractivity contribution in [3.05, 3.63) is 36.5 Å². The average molecular weight is 327 g/mol. The fourth-order valence-electron chi connectivity index (χ4n) is 2.84. The number of fused-ring (bicyclic) bond motifs is 1. The molecule has 1 amide bonds. The van der Waals surface area contributed by atoms with Crippen LogP contribution in [0.25, 0.3) is 10.9 Å². The van der Waals surface area contributed by atoms with Gasteiger partial charge in [-0.05, 0) is 37.3 Å². The van der Waals surface area contributed by atoms with Crippen molar-refractivity contribution in [1.29, 1.82) is 0 Å². The van der Waals surface area contributed by atoms with Gasteiger partial charge in [0.05, 0.1) is 11.3 Å². The predicted molar refractivity (Wildman–Crippen MR) is 95.7 cm³/mol. The number of para-hydroxylation sites is 1. The number of pyridine rings is 1. The highest BCUT2D eigenvalue weighted by atomic mass is 32.2. The summed E-state index contributed by atoms with van der Waals surface area (Å²) < 4.78 is 0. The third-order valence-electron chi connectivity index (χ3n) is 4.17. The molecule has 1 aliphatic carbocycles. The zero-order valence-electron chi connectivity index (χ0n) is 13.3. The highest BCUT2D eigenvalue weighted by Gasteiger charge is 2.16. The van der Waals surface area contributed by atoms with E-state index in [0.717, 1.165) is 27.9 Å². The summed E-state index contributed by atoms with van der Waals surface area (Å²) in [5.41, 5.74) is 4.78. The molecule has 5 heteroatoms. The van der Waals surface area contributed by atoms with E-state index in [0.29, 0.717) is 11.7 Å². The summed E-state index contributed by atoms with van der Waals surface area (Å²) >= 11 is 1.50. The number of nitrogens with zero attached hydrogens (tertiary/aromatic N) is 2. The molecular weight excluding hydrogens is 306 g/mol. The second-order valence-electron chi connectivity index (χ2n) is 5.90. The molecule has 23 heavy (non-hydrogen) atoms. The molecule has 1 N–H and O–H groups in total. The number of carbonyl (C=O) groups excluding carboxylic acids is 1. The SMILES string of the molecule is C[C@H]1CCCC/C1=N/NC(=O)CSc1cccc2cccnc12. The number of rotatable bonds is 4. The van der Waals surface area contributed by atoms with E-state index in [-0.39, 0.29) is 5.91 Å². The maximum absolute atomic E-state index is 12.0. The molecule has 0 aliphatic heterocycles. The van der Waals surface area contributed by atoms with Crippen molar-refractivity contribution in [2.75, 3.05) is 5.75 Å². The van der Waals surface area contributed by atoms with Gasteiger partial charge in [0, 0.05) is 22.2 Å². The molecule has 1 saturated carbocycles. The number of hydrogen-bond donors (Lipinski definition) is 1. The molecule has 1 heterocycles. The van der Waals surface area contributed by atoms with Crippen molar-refractivity contribution in [3.8, 4) is 0 Å². The van der Waals surface area contributed by atoms with Crippen LogP contribution in [0.2, 0.25) is 0 Å². The van der Waals surface area contributed by atoms with Crippen molar-refractivity contribution in [3.63, 3.8) is 0 Å². The molecule has 1 aromatic heterocycles. The Morgan fingerprint density at radius 2 is 2.22 bits per heavy atom. The van der Waals surface area contributed by atoms with Crippen molar-refractivity contribution in [2.24, 2.45) is 11.0 Å². The van der Waals surface area contributed by atoms with Gasteiger partial charge >= 0.3 is 0 Å². The summed E-state index contributed by atoms with van der Waals surface area (Å²) in [5.74, 6) is 0.771. The summed E-state index contributed by atoms with van der Waals surface area (Å²) in [6.45, 7) is 2.18. The summed E-state index contributed by atoms with van der Waals surface area (Å²) in [6, 6.07) is 9.98. The molecule has 0 unspecified atom stereocenters. The number of hydrazone groups is 1. The first-order valence-corrected chi connectivity index (χ1v) is 9.04. The normalized spacial score (nSPS) is 19.9. The number of benzene rings is 1. The van der Waals surface area contributed by atoms with Crippen LogP contribution in [0.3, 0.4) is 0 Å². The molecule has 1 aromatic carbocycles. The van der Waals surface area contributed by atoms with E-state index in [1.54, 1.807) is 6.20 Å². The molecule has 0 bridgehead atoms. The number of carbonyl (C=O) groups is 1.